The Kier molecular flexibility index (Phi) is 4.50. The second kappa shape index (κ2) is 6.12. The maximum atomic E-state index is 10.5. The van der Waals surface area contributed by atoms with Gasteiger partial charge in [0, 0.05) is 24.7 Å². The number of aliphatic hydroxyl groups is 1. The first-order chi connectivity index (χ1) is 9.11. The van der Waals surface area contributed by atoms with Crippen molar-refractivity contribution in [3.05, 3.63) is 39.9 Å². The summed E-state index contributed by atoms with van der Waals surface area (Å²) in [7, 11) is 0. The van der Waals surface area contributed by atoms with Crippen molar-refractivity contribution < 1.29 is 10.0 Å². The number of hydrogen-bond acceptors (Lipinski definition) is 4. The van der Waals surface area contributed by atoms with Crippen LogP contribution in [0, 0.1) is 16.0 Å². The Bertz CT molecular complexity index is 433. The summed E-state index contributed by atoms with van der Waals surface area (Å²) in [4.78, 5) is 10.1. The molecule has 0 spiro atoms. The maximum Gasteiger partial charge on any atom is 0.269 e. The zero-order chi connectivity index (χ0) is 13.8. The van der Waals surface area contributed by atoms with Gasteiger partial charge in [0.15, 0.2) is 0 Å². The van der Waals surface area contributed by atoms with E-state index in [1.54, 1.807) is 12.1 Å². The summed E-state index contributed by atoms with van der Waals surface area (Å²) in [5.74, 6) is 0.758. The molecule has 0 heterocycles. The second-order valence-corrected chi connectivity index (χ2v) is 5.16. The molecular weight excluding hydrogens is 244 g/mol. The predicted molar refractivity (Wildman–Crippen MR) is 72.9 cm³/mol. The van der Waals surface area contributed by atoms with Crippen LogP contribution in [0.5, 0.6) is 0 Å². The number of non-ortho nitro benzene ring substituents is 1. The molecule has 1 fully saturated rings. The quantitative estimate of drug-likeness (QED) is 0.585. The van der Waals surface area contributed by atoms with Gasteiger partial charge in [0.25, 0.3) is 5.69 Å². The molecule has 1 aromatic carbocycles. The van der Waals surface area contributed by atoms with E-state index in [1.165, 1.54) is 31.4 Å². The number of nitrogens with zero attached hydrogens (tertiary/aromatic N) is 1. The van der Waals surface area contributed by atoms with Crippen molar-refractivity contribution in [2.75, 3.05) is 6.54 Å². The molecule has 104 valence electrons. The lowest BCUT2D eigenvalue weighted by molar-refractivity contribution is -0.384. The minimum absolute atomic E-state index is 0.0501. The summed E-state index contributed by atoms with van der Waals surface area (Å²) in [6.45, 7) is 2.68. The summed E-state index contributed by atoms with van der Waals surface area (Å²) in [5.41, 5.74) is 0.764. The van der Waals surface area contributed by atoms with Gasteiger partial charge in [-0.05, 0) is 36.5 Å². The zero-order valence-electron chi connectivity index (χ0n) is 11.1. The minimum atomic E-state index is -0.608. The number of hydrogen-bond donors (Lipinski definition) is 2. The molecule has 2 rings (SSSR count). The highest BCUT2D eigenvalue weighted by atomic mass is 16.6. The Morgan fingerprint density at radius 2 is 2.16 bits per heavy atom. The van der Waals surface area contributed by atoms with Crippen molar-refractivity contribution in [1.82, 2.24) is 5.32 Å². The van der Waals surface area contributed by atoms with Crippen molar-refractivity contribution in [3.63, 3.8) is 0 Å². The van der Waals surface area contributed by atoms with Crippen molar-refractivity contribution in [1.29, 1.82) is 0 Å². The summed E-state index contributed by atoms with van der Waals surface area (Å²) < 4.78 is 0. The van der Waals surface area contributed by atoms with Gasteiger partial charge >= 0.3 is 0 Å². The normalized spacial score (nSPS) is 23.1. The second-order valence-electron chi connectivity index (χ2n) is 5.16. The molecule has 5 nitrogen and oxygen atoms in total. The van der Waals surface area contributed by atoms with E-state index in [2.05, 4.69) is 12.2 Å². The third kappa shape index (κ3) is 3.75. The van der Waals surface area contributed by atoms with Crippen LogP contribution in [0.4, 0.5) is 5.69 Å². The number of rotatable bonds is 7. The predicted octanol–water partition coefficient (Wildman–Crippen LogP) is 2.41. The van der Waals surface area contributed by atoms with Crippen LogP contribution < -0.4 is 5.32 Å². The van der Waals surface area contributed by atoms with Crippen molar-refractivity contribution >= 4 is 5.69 Å². The van der Waals surface area contributed by atoms with Crippen LogP contribution in [0.3, 0.4) is 0 Å². The van der Waals surface area contributed by atoms with Gasteiger partial charge in [0.05, 0.1) is 11.0 Å². The van der Waals surface area contributed by atoms with Crippen molar-refractivity contribution in [3.8, 4) is 0 Å². The van der Waals surface area contributed by atoms with Gasteiger partial charge < -0.3 is 10.4 Å². The van der Waals surface area contributed by atoms with Crippen LogP contribution in [-0.4, -0.2) is 22.6 Å². The molecular formula is C14H20N2O3. The van der Waals surface area contributed by atoms with Gasteiger partial charge in [-0.25, -0.2) is 0 Å². The number of nitrogens with one attached hydrogen (secondary N) is 1. The minimum Gasteiger partial charge on any atom is -0.387 e. The van der Waals surface area contributed by atoms with Gasteiger partial charge in [-0.1, -0.05) is 13.3 Å². The molecule has 0 saturated heterocycles. The van der Waals surface area contributed by atoms with Crippen LogP contribution >= 0.6 is 0 Å². The number of benzene rings is 1. The monoisotopic (exact) mass is 264 g/mol. The molecule has 0 aromatic heterocycles. The first-order valence-electron chi connectivity index (χ1n) is 6.77. The molecule has 3 unspecified atom stereocenters. The molecule has 1 aromatic rings. The van der Waals surface area contributed by atoms with E-state index in [9.17, 15) is 15.2 Å². The van der Waals surface area contributed by atoms with E-state index in [0.717, 1.165) is 5.92 Å². The third-order valence-electron chi connectivity index (χ3n) is 3.64. The molecule has 2 N–H and O–H groups in total. The summed E-state index contributed by atoms with van der Waals surface area (Å²) in [6.07, 6.45) is 3.03. The van der Waals surface area contributed by atoms with Crippen LogP contribution in [0.1, 0.15) is 37.9 Å². The number of nitro benzene ring substituents is 1. The Hall–Kier alpha value is -1.46. The van der Waals surface area contributed by atoms with Gasteiger partial charge in [-0.3, -0.25) is 10.1 Å². The third-order valence-corrected chi connectivity index (χ3v) is 3.64. The molecule has 0 amide bonds. The first-order valence-corrected chi connectivity index (χ1v) is 6.77. The number of nitro groups is 1. The van der Waals surface area contributed by atoms with E-state index in [0.29, 0.717) is 18.2 Å². The molecule has 1 saturated carbocycles. The molecule has 1 aliphatic carbocycles. The highest BCUT2D eigenvalue weighted by molar-refractivity contribution is 5.33. The van der Waals surface area contributed by atoms with Crippen LogP contribution in [0.2, 0.25) is 0 Å². The largest absolute Gasteiger partial charge is 0.387 e. The van der Waals surface area contributed by atoms with Gasteiger partial charge in [-0.15, -0.1) is 0 Å². The smallest absolute Gasteiger partial charge is 0.269 e. The Morgan fingerprint density at radius 1 is 1.47 bits per heavy atom. The average Bonchev–Trinajstić information content (AvgIpc) is 3.15. The van der Waals surface area contributed by atoms with Gasteiger partial charge in [0.2, 0.25) is 0 Å². The van der Waals surface area contributed by atoms with E-state index in [1.807, 2.05) is 0 Å². The molecule has 0 aliphatic heterocycles. The lowest BCUT2D eigenvalue weighted by Gasteiger charge is -2.12. The topological polar surface area (TPSA) is 75.4 Å². The van der Waals surface area contributed by atoms with Gasteiger partial charge in [0.1, 0.15) is 0 Å². The fraction of sp³-hybridized carbons (Fsp3) is 0.571. The Morgan fingerprint density at radius 3 is 2.74 bits per heavy atom. The zero-order valence-corrected chi connectivity index (χ0v) is 11.1. The van der Waals surface area contributed by atoms with Crippen molar-refractivity contribution in [2.45, 2.75) is 38.3 Å². The molecule has 19 heavy (non-hydrogen) atoms. The van der Waals surface area contributed by atoms with Gasteiger partial charge in [-0.2, -0.15) is 0 Å². The molecule has 0 radical (unpaired) electrons. The maximum absolute atomic E-state index is 10.5. The SMILES string of the molecule is CCCC1CC1NCC(O)c1ccc([N+](=O)[O-])cc1. The standard InChI is InChI=1S/C14H20N2O3/c1-2-3-11-8-13(11)15-9-14(17)10-4-6-12(7-5-10)16(18)19/h4-7,11,13-15,17H,2-3,8-9H2,1H3. The molecule has 5 heteroatoms. The molecule has 1 aliphatic rings. The number of aliphatic hydroxyl groups excluding tert-OH is 1. The highest BCUT2D eigenvalue weighted by Crippen LogP contribution is 2.34. The van der Waals surface area contributed by atoms with Crippen LogP contribution in [0.15, 0.2) is 24.3 Å². The Labute approximate surface area is 112 Å². The summed E-state index contributed by atoms with van der Waals surface area (Å²) in [6, 6.07) is 6.61. The lowest BCUT2D eigenvalue weighted by atomic mass is 10.1. The molecule has 3 atom stereocenters. The Balaban J connectivity index is 1.80. The average molecular weight is 264 g/mol. The van der Waals surface area contributed by atoms with Crippen LogP contribution in [-0.2, 0) is 0 Å². The lowest BCUT2D eigenvalue weighted by Crippen LogP contribution is -2.24. The van der Waals surface area contributed by atoms with E-state index < -0.39 is 11.0 Å². The highest BCUT2D eigenvalue weighted by Gasteiger charge is 2.35. The van der Waals surface area contributed by atoms with Crippen LogP contribution in [0.25, 0.3) is 0 Å². The van der Waals surface area contributed by atoms with E-state index >= 15 is 0 Å². The van der Waals surface area contributed by atoms with Crippen molar-refractivity contribution in [2.24, 2.45) is 5.92 Å². The van der Waals surface area contributed by atoms with E-state index in [-0.39, 0.29) is 5.69 Å². The summed E-state index contributed by atoms with van der Waals surface area (Å²) >= 11 is 0. The first kappa shape index (κ1) is 14.0. The fourth-order valence-electron chi connectivity index (χ4n) is 2.39. The van der Waals surface area contributed by atoms with E-state index in [4.69, 9.17) is 0 Å². The summed E-state index contributed by atoms with van der Waals surface area (Å²) in [5, 5.41) is 23.9. The molecule has 0 bridgehead atoms. The fourth-order valence-corrected chi connectivity index (χ4v) is 2.39.